The molecular weight excluding hydrogens is 437 g/mol. The molecule has 1 atom stereocenters. The third-order valence-electron chi connectivity index (χ3n) is 5.68. The molecule has 1 aliphatic heterocycles. The maximum absolute atomic E-state index is 13.0. The number of carbonyl (C=O) groups excluding carboxylic acids is 2. The van der Waals surface area contributed by atoms with Crippen molar-refractivity contribution in [2.45, 2.75) is 25.4 Å². The highest BCUT2D eigenvalue weighted by molar-refractivity contribution is 5.95. The molecule has 0 spiro atoms. The number of rotatable bonds is 7. The normalized spacial score (nSPS) is 16.3. The van der Waals surface area contributed by atoms with Gasteiger partial charge in [-0.1, -0.05) is 12.1 Å². The molecule has 0 aliphatic carbocycles. The Bertz CT molecular complexity index is 994. The minimum absolute atomic E-state index is 0.0284. The molecule has 33 heavy (non-hydrogen) atoms. The Morgan fingerprint density at radius 3 is 2.55 bits per heavy atom. The van der Waals surface area contributed by atoms with E-state index in [9.17, 15) is 22.8 Å². The average Bonchev–Trinajstić information content (AvgIpc) is 2.83. The van der Waals surface area contributed by atoms with Gasteiger partial charge in [0.15, 0.2) is 11.5 Å². The Kier molecular flexibility index (Phi) is 7.84. The number of hydrogen-bond acceptors (Lipinski definition) is 4. The van der Waals surface area contributed by atoms with Crippen LogP contribution in [0.15, 0.2) is 42.5 Å². The highest BCUT2D eigenvalue weighted by Gasteiger charge is 2.33. The van der Waals surface area contributed by atoms with Crippen molar-refractivity contribution in [2.24, 2.45) is 5.92 Å². The van der Waals surface area contributed by atoms with Crippen LogP contribution >= 0.6 is 0 Å². The molecule has 178 valence electrons. The van der Waals surface area contributed by atoms with Gasteiger partial charge in [0.1, 0.15) is 0 Å². The van der Waals surface area contributed by atoms with Crippen molar-refractivity contribution >= 4 is 11.8 Å². The molecule has 0 saturated carbocycles. The largest absolute Gasteiger partial charge is 0.493 e. The fraction of sp³-hybridized carbons (Fsp3) is 0.417. The Morgan fingerprint density at radius 2 is 1.85 bits per heavy atom. The summed E-state index contributed by atoms with van der Waals surface area (Å²) in [6.07, 6.45) is -2.70. The fourth-order valence-corrected chi connectivity index (χ4v) is 3.90. The number of methoxy groups -OCH3 is 2. The second-order valence-electron chi connectivity index (χ2n) is 7.90. The van der Waals surface area contributed by atoms with E-state index in [0.717, 1.165) is 17.7 Å². The molecule has 2 amide bonds. The monoisotopic (exact) mass is 464 g/mol. The van der Waals surface area contributed by atoms with Gasteiger partial charge in [-0.3, -0.25) is 9.59 Å². The van der Waals surface area contributed by atoms with Crippen LogP contribution in [0, 0.1) is 5.92 Å². The van der Waals surface area contributed by atoms with Crippen molar-refractivity contribution < 1.29 is 32.2 Å². The number of nitrogens with one attached hydrogen (secondary N) is 1. The van der Waals surface area contributed by atoms with Gasteiger partial charge in [0.25, 0.3) is 5.91 Å². The number of amides is 2. The molecule has 2 aromatic rings. The summed E-state index contributed by atoms with van der Waals surface area (Å²) in [4.78, 5) is 26.9. The first kappa shape index (κ1) is 24.4. The van der Waals surface area contributed by atoms with E-state index in [-0.39, 0.29) is 18.0 Å². The number of alkyl halides is 3. The predicted molar refractivity (Wildman–Crippen MR) is 116 cm³/mol. The number of ether oxygens (including phenoxy) is 2. The summed E-state index contributed by atoms with van der Waals surface area (Å²) in [5.74, 6) is 0.162. The summed E-state index contributed by atoms with van der Waals surface area (Å²) in [5.41, 5.74) is 0.0760. The molecule has 0 aromatic heterocycles. The van der Waals surface area contributed by atoms with Gasteiger partial charge in [0.2, 0.25) is 5.91 Å². The number of likely N-dealkylation sites (tertiary alicyclic amines) is 1. The van der Waals surface area contributed by atoms with Gasteiger partial charge < -0.3 is 19.7 Å². The topological polar surface area (TPSA) is 67.9 Å². The summed E-state index contributed by atoms with van der Waals surface area (Å²) >= 11 is 0. The number of nitrogens with zero attached hydrogens (tertiary/aromatic N) is 1. The molecule has 6 nitrogen and oxygen atoms in total. The van der Waals surface area contributed by atoms with Crippen LogP contribution in [0.2, 0.25) is 0 Å². The zero-order chi connectivity index (χ0) is 24.0. The Morgan fingerprint density at radius 1 is 1.09 bits per heavy atom. The van der Waals surface area contributed by atoms with Crippen LogP contribution in [0.3, 0.4) is 0 Å². The highest BCUT2D eigenvalue weighted by atomic mass is 19.4. The molecule has 1 fully saturated rings. The van der Waals surface area contributed by atoms with Crippen molar-refractivity contribution in [3.05, 3.63) is 59.2 Å². The number of piperidine rings is 1. The van der Waals surface area contributed by atoms with Gasteiger partial charge in [0, 0.05) is 25.2 Å². The molecular formula is C24H27F3N2O4. The Balaban J connectivity index is 1.56. The van der Waals surface area contributed by atoms with E-state index in [1.807, 2.05) is 12.1 Å². The summed E-state index contributed by atoms with van der Waals surface area (Å²) in [6.45, 7) is 0.994. The number of hydrogen-bond donors (Lipinski definition) is 1. The van der Waals surface area contributed by atoms with Crippen molar-refractivity contribution in [1.82, 2.24) is 10.2 Å². The lowest BCUT2D eigenvalue weighted by Gasteiger charge is -2.32. The summed E-state index contributed by atoms with van der Waals surface area (Å²) in [6, 6.07) is 9.92. The van der Waals surface area contributed by atoms with Crippen molar-refractivity contribution in [2.75, 3.05) is 33.9 Å². The van der Waals surface area contributed by atoms with Crippen LogP contribution in [0.4, 0.5) is 13.2 Å². The maximum atomic E-state index is 13.0. The van der Waals surface area contributed by atoms with Gasteiger partial charge in [-0.2, -0.15) is 13.2 Å². The van der Waals surface area contributed by atoms with E-state index in [4.69, 9.17) is 9.47 Å². The summed E-state index contributed by atoms with van der Waals surface area (Å²) < 4.78 is 49.4. The number of halogens is 3. The molecule has 1 aliphatic rings. The zero-order valence-corrected chi connectivity index (χ0v) is 18.6. The molecule has 9 heteroatoms. The first-order chi connectivity index (χ1) is 15.7. The van der Waals surface area contributed by atoms with E-state index in [1.165, 1.54) is 17.0 Å². The van der Waals surface area contributed by atoms with E-state index >= 15 is 0 Å². The smallest absolute Gasteiger partial charge is 0.416 e. The molecule has 1 N–H and O–H groups in total. The average molecular weight is 464 g/mol. The second kappa shape index (κ2) is 10.6. The standard InChI is InChI=1S/C24H27F3N2O4/c1-32-20-9-8-16(13-21(20)33-2)10-11-28-22(30)18-6-4-12-29(15-18)23(31)17-5-3-7-19(14-17)24(25,26)27/h3,5,7-9,13-14,18H,4,6,10-12,15H2,1-2H3,(H,28,30)/t18-/m0/s1. The minimum atomic E-state index is -4.52. The predicted octanol–water partition coefficient (Wildman–Crippen LogP) is 3.93. The van der Waals surface area contributed by atoms with Gasteiger partial charge in [-0.15, -0.1) is 0 Å². The van der Waals surface area contributed by atoms with Crippen LogP contribution in [-0.2, 0) is 17.4 Å². The third-order valence-corrected chi connectivity index (χ3v) is 5.68. The first-order valence-electron chi connectivity index (χ1n) is 10.7. The second-order valence-corrected chi connectivity index (χ2v) is 7.90. The third kappa shape index (κ3) is 6.18. The van der Waals surface area contributed by atoms with Crippen LogP contribution in [0.5, 0.6) is 11.5 Å². The van der Waals surface area contributed by atoms with E-state index in [1.54, 1.807) is 20.3 Å². The van der Waals surface area contributed by atoms with E-state index in [2.05, 4.69) is 5.32 Å². The van der Waals surface area contributed by atoms with Crippen LogP contribution < -0.4 is 14.8 Å². The van der Waals surface area contributed by atoms with Gasteiger partial charge >= 0.3 is 6.18 Å². The highest BCUT2D eigenvalue weighted by Crippen LogP contribution is 2.30. The molecule has 0 bridgehead atoms. The van der Waals surface area contributed by atoms with Crippen molar-refractivity contribution in [3.8, 4) is 11.5 Å². The van der Waals surface area contributed by atoms with Crippen LogP contribution in [-0.4, -0.2) is 50.6 Å². The van der Waals surface area contributed by atoms with E-state index in [0.29, 0.717) is 43.9 Å². The molecule has 3 rings (SSSR count). The first-order valence-corrected chi connectivity index (χ1v) is 10.7. The molecule has 2 aromatic carbocycles. The van der Waals surface area contributed by atoms with Crippen LogP contribution in [0.1, 0.15) is 34.3 Å². The summed E-state index contributed by atoms with van der Waals surface area (Å²) in [7, 11) is 3.11. The van der Waals surface area contributed by atoms with Crippen LogP contribution in [0.25, 0.3) is 0 Å². The molecule has 0 radical (unpaired) electrons. The maximum Gasteiger partial charge on any atom is 0.416 e. The number of benzene rings is 2. The van der Waals surface area contributed by atoms with Gasteiger partial charge in [-0.25, -0.2) is 0 Å². The fourth-order valence-electron chi connectivity index (χ4n) is 3.90. The molecule has 1 saturated heterocycles. The van der Waals surface area contributed by atoms with Gasteiger partial charge in [0.05, 0.1) is 25.7 Å². The lowest BCUT2D eigenvalue weighted by Crippen LogP contribution is -2.45. The van der Waals surface area contributed by atoms with Crippen molar-refractivity contribution in [3.63, 3.8) is 0 Å². The Hall–Kier alpha value is -3.23. The van der Waals surface area contributed by atoms with Gasteiger partial charge in [-0.05, 0) is 55.2 Å². The SMILES string of the molecule is COc1ccc(CCNC(=O)[C@H]2CCCN(C(=O)c3cccc(C(F)(F)F)c3)C2)cc1OC. The van der Waals surface area contributed by atoms with Crippen molar-refractivity contribution in [1.29, 1.82) is 0 Å². The lowest BCUT2D eigenvalue weighted by atomic mass is 9.96. The lowest BCUT2D eigenvalue weighted by molar-refractivity contribution is -0.137. The quantitative estimate of drug-likeness (QED) is 0.674. The Labute approximate surface area is 190 Å². The van der Waals surface area contributed by atoms with E-state index < -0.39 is 23.6 Å². The molecule has 1 heterocycles. The zero-order valence-electron chi connectivity index (χ0n) is 18.6. The summed E-state index contributed by atoms with van der Waals surface area (Å²) in [5, 5.41) is 2.90. The number of carbonyl (C=O) groups is 2. The molecule has 0 unspecified atom stereocenters. The minimum Gasteiger partial charge on any atom is -0.493 e.